The number of nitrogens with zero attached hydrogens (tertiary/aromatic N) is 2. The first-order valence-electron chi connectivity index (χ1n) is 10.5. The van der Waals surface area contributed by atoms with E-state index in [4.69, 9.17) is 9.47 Å². The van der Waals surface area contributed by atoms with E-state index in [2.05, 4.69) is 0 Å². The van der Waals surface area contributed by atoms with Crippen LogP contribution in [0.25, 0.3) is 10.8 Å². The van der Waals surface area contributed by atoms with Crippen LogP contribution < -0.4 is 4.74 Å². The number of ether oxygens (including phenoxy) is 2. The molecule has 1 amide bonds. The molecule has 0 bridgehead atoms. The fraction of sp³-hybridized carbons (Fsp3) is 0.250. The summed E-state index contributed by atoms with van der Waals surface area (Å²) in [6, 6.07) is 21.5. The highest BCUT2D eigenvalue weighted by atomic mass is 32.2. The van der Waals surface area contributed by atoms with E-state index in [0.717, 1.165) is 10.8 Å². The fourth-order valence-electron chi connectivity index (χ4n) is 3.59. The molecule has 1 fully saturated rings. The molecule has 1 aliphatic rings. The summed E-state index contributed by atoms with van der Waals surface area (Å²) in [5.41, 5.74) is 0. The summed E-state index contributed by atoms with van der Waals surface area (Å²) in [4.78, 5) is 26.1. The second-order valence-corrected chi connectivity index (χ2v) is 9.49. The van der Waals surface area contributed by atoms with Gasteiger partial charge in [-0.25, -0.2) is 13.2 Å². The number of rotatable bonds is 7. The average Bonchev–Trinajstić information content (AvgIpc) is 2.86. The van der Waals surface area contributed by atoms with Crippen molar-refractivity contribution in [2.45, 2.75) is 4.90 Å². The van der Waals surface area contributed by atoms with Crippen LogP contribution in [0, 0.1) is 0 Å². The van der Waals surface area contributed by atoms with Crippen molar-refractivity contribution >= 4 is 32.7 Å². The van der Waals surface area contributed by atoms with Gasteiger partial charge in [-0.15, -0.1) is 0 Å². The van der Waals surface area contributed by atoms with Crippen LogP contribution in [-0.4, -0.2) is 68.9 Å². The van der Waals surface area contributed by atoms with E-state index in [0.29, 0.717) is 5.75 Å². The smallest absolute Gasteiger partial charge is 0.344 e. The molecule has 1 saturated heterocycles. The van der Waals surface area contributed by atoms with Crippen LogP contribution in [0.1, 0.15) is 0 Å². The molecule has 3 aromatic rings. The Morgan fingerprint density at radius 3 is 2.18 bits per heavy atom. The molecule has 0 aliphatic carbocycles. The van der Waals surface area contributed by atoms with E-state index < -0.39 is 22.6 Å². The minimum absolute atomic E-state index is 0.183. The molecular weight excluding hydrogens is 444 g/mol. The molecule has 1 heterocycles. The molecule has 1 aliphatic heterocycles. The molecule has 0 spiro atoms. The Morgan fingerprint density at radius 1 is 0.788 bits per heavy atom. The van der Waals surface area contributed by atoms with Gasteiger partial charge in [-0.3, -0.25) is 4.79 Å². The number of carbonyl (C=O) groups excluding carboxylic acids is 2. The van der Waals surface area contributed by atoms with E-state index >= 15 is 0 Å². The molecule has 9 heteroatoms. The lowest BCUT2D eigenvalue weighted by Crippen LogP contribution is -2.51. The molecule has 0 radical (unpaired) electrons. The van der Waals surface area contributed by atoms with E-state index in [1.165, 1.54) is 9.21 Å². The number of carbonyl (C=O) groups is 2. The topological polar surface area (TPSA) is 93.2 Å². The van der Waals surface area contributed by atoms with Crippen LogP contribution >= 0.6 is 0 Å². The first-order valence-corrected chi connectivity index (χ1v) is 12.0. The summed E-state index contributed by atoms with van der Waals surface area (Å²) in [5.74, 6) is -0.486. The van der Waals surface area contributed by atoms with Crippen LogP contribution in [-0.2, 0) is 24.3 Å². The maximum absolute atomic E-state index is 12.7. The highest BCUT2D eigenvalue weighted by molar-refractivity contribution is 7.89. The number of hydrogen-bond acceptors (Lipinski definition) is 6. The predicted molar refractivity (Wildman–Crippen MR) is 122 cm³/mol. The van der Waals surface area contributed by atoms with Gasteiger partial charge >= 0.3 is 5.97 Å². The zero-order valence-corrected chi connectivity index (χ0v) is 18.7. The number of esters is 1. The van der Waals surface area contributed by atoms with E-state index in [1.807, 2.05) is 36.4 Å². The van der Waals surface area contributed by atoms with E-state index in [-0.39, 0.29) is 43.6 Å². The predicted octanol–water partition coefficient (Wildman–Crippen LogP) is 2.29. The molecule has 0 aromatic heterocycles. The lowest BCUT2D eigenvalue weighted by molar-refractivity contribution is -0.154. The second-order valence-electron chi connectivity index (χ2n) is 7.56. The van der Waals surface area contributed by atoms with Gasteiger partial charge in [-0.05, 0) is 35.0 Å². The van der Waals surface area contributed by atoms with Gasteiger partial charge in [-0.1, -0.05) is 48.5 Å². The lowest BCUT2D eigenvalue weighted by Gasteiger charge is -2.33. The molecule has 8 nitrogen and oxygen atoms in total. The summed E-state index contributed by atoms with van der Waals surface area (Å²) >= 11 is 0. The molecular formula is C24H24N2O6S. The maximum atomic E-state index is 12.7. The largest absolute Gasteiger partial charge is 0.482 e. The summed E-state index contributed by atoms with van der Waals surface area (Å²) in [5, 5.41) is 2.06. The van der Waals surface area contributed by atoms with Crippen molar-refractivity contribution in [3.8, 4) is 5.75 Å². The number of sulfonamides is 1. The monoisotopic (exact) mass is 468 g/mol. The Hall–Kier alpha value is -3.43. The normalized spacial score (nSPS) is 14.7. The van der Waals surface area contributed by atoms with Crippen molar-refractivity contribution in [2.24, 2.45) is 0 Å². The molecule has 0 saturated carbocycles. The Labute approximate surface area is 192 Å². The second kappa shape index (κ2) is 10.0. The third-order valence-corrected chi connectivity index (χ3v) is 7.32. The zero-order chi connectivity index (χ0) is 23.3. The number of benzene rings is 3. The molecule has 0 atom stereocenters. The summed E-state index contributed by atoms with van der Waals surface area (Å²) in [6.45, 7) is 0.107. The minimum atomic E-state index is -3.59. The highest BCUT2D eigenvalue weighted by Gasteiger charge is 2.30. The molecule has 3 aromatic carbocycles. The Bertz CT molecular complexity index is 1240. The van der Waals surface area contributed by atoms with Gasteiger partial charge in [0.1, 0.15) is 5.75 Å². The molecule has 0 N–H and O–H groups in total. The van der Waals surface area contributed by atoms with Crippen LogP contribution in [0.3, 0.4) is 0 Å². The number of piperazine rings is 1. The average molecular weight is 469 g/mol. The van der Waals surface area contributed by atoms with Crippen molar-refractivity contribution < 1.29 is 27.5 Å². The van der Waals surface area contributed by atoms with Gasteiger partial charge in [0, 0.05) is 26.2 Å². The molecule has 172 valence electrons. The standard InChI is InChI=1S/C24H24N2O6S/c27-23(25-12-14-26(15-13-25)33(29,30)22-8-2-1-3-9-22)17-32-24(28)18-31-21-11-10-19-6-4-5-7-20(19)16-21/h1-11,16H,12-15,17-18H2. The van der Waals surface area contributed by atoms with Gasteiger partial charge < -0.3 is 14.4 Å². The Kier molecular flexibility index (Phi) is 6.90. The van der Waals surface area contributed by atoms with E-state index in [1.54, 1.807) is 36.4 Å². The van der Waals surface area contributed by atoms with Gasteiger partial charge in [0.2, 0.25) is 10.0 Å². The summed E-state index contributed by atoms with van der Waals surface area (Å²) < 4.78 is 37.2. The number of hydrogen-bond donors (Lipinski definition) is 0. The summed E-state index contributed by atoms with van der Waals surface area (Å²) in [6.07, 6.45) is 0. The van der Waals surface area contributed by atoms with Gasteiger partial charge in [0.15, 0.2) is 13.2 Å². The third kappa shape index (κ3) is 5.50. The SMILES string of the molecule is O=C(COc1ccc2ccccc2c1)OCC(=O)N1CCN(S(=O)(=O)c2ccccc2)CC1. The first kappa shape index (κ1) is 22.8. The Morgan fingerprint density at radius 2 is 1.45 bits per heavy atom. The van der Waals surface area contributed by atoms with Crippen molar-refractivity contribution in [1.29, 1.82) is 0 Å². The quantitative estimate of drug-likeness (QED) is 0.494. The van der Waals surface area contributed by atoms with E-state index in [9.17, 15) is 18.0 Å². The van der Waals surface area contributed by atoms with Crippen molar-refractivity contribution in [2.75, 3.05) is 39.4 Å². The highest BCUT2D eigenvalue weighted by Crippen LogP contribution is 2.20. The van der Waals surface area contributed by atoms with Crippen LogP contribution in [0.5, 0.6) is 5.75 Å². The third-order valence-electron chi connectivity index (χ3n) is 5.41. The maximum Gasteiger partial charge on any atom is 0.344 e. The van der Waals surface area contributed by atoms with Gasteiger partial charge in [-0.2, -0.15) is 4.31 Å². The minimum Gasteiger partial charge on any atom is -0.482 e. The number of fused-ring (bicyclic) bond motifs is 1. The molecule has 0 unspecified atom stereocenters. The lowest BCUT2D eigenvalue weighted by atomic mass is 10.1. The van der Waals surface area contributed by atoms with Crippen LogP contribution in [0.15, 0.2) is 77.7 Å². The first-order chi connectivity index (χ1) is 15.9. The van der Waals surface area contributed by atoms with Gasteiger partial charge in [0.05, 0.1) is 4.90 Å². The van der Waals surface area contributed by atoms with Crippen LogP contribution in [0.2, 0.25) is 0 Å². The van der Waals surface area contributed by atoms with Gasteiger partial charge in [0.25, 0.3) is 5.91 Å². The summed E-state index contributed by atoms with van der Waals surface area (Å²) in [7, 11) is -3.59. The number of amides is 1. The Balaban J connectivity index is 1.22. The van der Waals surface area contributed by atoms with Crippen LogP contribution in [0.4, 0.5) is 0 Å². The molecule has 33 heavy (non-hydrogen) atoms. The van der Waals surface area contributed by atoms with Crippen molar-refractivity contribution in [1.82, 2.24) is 9.21 Å². The van der Waals surface area contributed by atoms with Crippen molar-refractivity contribution in [3.63, 3.8) is 0 Å². The van der Waals surface area contributed by atoms with Crippen molar-refractivity contribution in [3.05, 3.63) is 72.8 Å². The molecule has 4 rings (SSSR count). The zero-order valence-electron chi connectivity index (χ0n) is 17.9. The fourth-order valence-corrected chi connectivity index (χ4v) is 5.04.